The number of carboxylic acid groups (broad SMARTS) is 1. The zero-order valence-electron chi connectivity index (χ0n) is 21.2. The van der Waals surface area contributed by atoms with Crippen molar-refractivity contribution in [2.75, 3.05) is 0 Å². The molecule has 196 valence electrons. The Kier molecular flexibility index (Phi) is 6.49. The summed E-state index contributed by atoms with van der Waals surface area (Å²) in [5.41, 5.74) is 4.22. The number of hydrogen-bond donors (Lipinski definition) is 2. The van der Waals surface area contributed by atoms with Gasteiger partial charge in [0.05, 0.1) is 5.56 Å². The molecule has 2 N–H and O–H groups in total. The van der Waals surface area contributed by atoms with Crippen LogP contribution in [0.5, 0.6) is 0 Å². The summed E-state index contributed by atoms with van der Waals surface area (Å²) in [5.74, 6) is -1.11. The van der Waals surface area contributed by atoms with Crippen molar-refractivity contribution >= 4 is 28.3 Å². The number of halogens is 1. The summed E-state index contributed by atoms with van der Waals surface area (Å²) in [4.78, 5) is 24.7. The first-order valence-electron chi connectivity index (χ1n) is 12.7. The second kappa shape index (κ2) is 10.4. The molecule has 0 spiro atoms. The number of hydrogen-bond acceptors (Lipinski definition) is 4. The van der Waals surface area contributed by atoms with Crippen molar-refractivity contribution in [1.82, 2.24) is 19.9 Å². The lowest BCUT2D eigenvalue weighted by Crippen LogP contribution is -2.25. The van der Waals surface area contributed by atoms with E-state index in [-0.39, 0.29) is 23.8 Å². The molecule has 0 saturated carbocycles. The SMILES string of the molecule is O=C(O)c1ccc(CNC(=O)c2cc(-c3ccc(F)cc3)cc3nnc(Cc4ccc5ccccc5c4)n23)cc1. The number of benzene rings is 4. The number of carboxylic acids is 1. The van der Waals surface area contributed by atoms with Crippen LogP contribution in [0.4, 0.5) is 4.39 Å². The van der Waals surface area contributed by atoms with E-state index in [4.69, 9.17) is 5.11 Å². The Bertz CT molecular complexity index is 1880. The molecule has 1 amide bonds. The molecule has 0 radical (unpaired) electrons. The van der Waals surface area contributed by atoms with E-state index in [1.807, 2.05) is 24.3 Å². The molecule has 7 nitrogen and oxygen atoms in total. The van der Waals surface area contributed by atoms with Crippen LogP contribution in [0.2, 0.25) is 0 Å². The van der Waals surface area contributed by atoms with Crippen LogP contribution in [0, 0.1) is 5.82 Å². The standard InChI is InChI=1S/C32H23FN4O3/c33-27-13-11-23(12-14-27)26-17-28(31(38)34-19-20-5-9-24(10-6-20)32(39)40)37-29(35-36-30(37)18-26)16-21-7-8-22-3-1-2-4-25(22)15-21/h1-15,17-18H,16,19H2,(H,34,38)(H,39,40). The molecule has 0 fully saturated rings. The van der Waals surface area contributed by atoms with Gasteiger partial charge in [-0.15, -0.1) is 10.2 Å². The normalized spacial score (nSPS) is 11.1. The maximum absolute atomic E-state index is 13.6. The fourth-order valence-corrected chi connectivity index (χ4v) is 4.74. The fourth-order valence-electron chi connectivity index (χ4n) is 4.74. The van der Waals surface area contributed by atoms with Crippen molar-refractivity contribution in [3.05, 3.63) is 137 Å². The summed E-state index contributed by atoms with van der Waals surface area (Å²) in [7, 11) is 0. The van der Waals surface area contributed by atoms with E-state index >= 15 is 0 Å². The van der Waals surface area contributed by atoms with Crippen molar-refractivity contribution in [2.24, 2.45) is 0 Å². The number of aromatic carboxylic acids is 1. The number of rotatable bonds is 7. The van der Waals surface area contributed by atoms with E-state index in [9.17, 15) is 14.0 Å². The minimum Gasteiger partial charge on any atom is -0.478 e. The van der Waals surface area contributed by atoms with Gasteiger partial charge in [0.1, 0.15) is 17.3 Å². The molecule has 6 rings (SSSR count). The average molecular weight is 531 g/mol. The largest absolute Gasteiger partial charge is 0.478 e. The second-order valence-electron chi connectivity index (χ2n) is 9.49. The van der Waals surface area contributed by atoms with Crippen molar-refractivity contribution in [2.45, 2.75) is 13.0 Å². The minimum atomic E-state index is -1.01. The Labute approximate surface area is 228 Å². The number of amides is 1. The van der Waals surface area contributed by atoms with Gasteiger partial charge >= 0.3 is 5.97 Å². The Balaban J connectivity index is 1.37. The number of pyridine rings is 1. The van der Waals surface area contributed by atoms with Gasteiger partial charge in [-0.1, -0.05) is 66.7 Å². The lowest BCUT2D eigenvalue weighted by molar-refractivity contribution is 0.0696. The van der Waals surface area contributed by atoms with Crippen LogP contribution in [-0.2, 0) is 13.0 Å². The van der Waals surface area contributed by atoms with Gasteiger partial charge in [-0.2, -0.15) is 0 Å². The summed E-state index contributed by atoms with van der Waals surface area (Å²) in [6, 6.07) is 30.2. The molecule has 0 aliphatic heterocycles. The van der Waals surface area contributed by atoms with E-state index in [0.29, 0.717) is 29.1 Å². The topological polar surface area (TPSA) is 96.6 Å². The van der Waals surface area contributed by atoms with Crippen LogP contribution in [0.25, 0.3) is 27.5 Å². The van der Waals surface area contributed by atoms with Crippen LogP contribution in [0.1, 0.15) is 37.8 Å². The third kappa shape index (κ3) is 5.02. The molecule has 0 aliphatic rings. The van der Waals surface area contributed by atoms with Gasteiger partial charge < -0.3 is 10.4 Å². The number of aromatic nitrogens is 3. The number of nitrogens with one attached hydrogen (secondary N) is 1. The molecule has 0 atom stereocenters. The van der Waals surface area contributed by atoms with Gasteiger partial charge in [-0.25, -0.2) is 9.18 Å². The van der Waals surface area contributed by atoms with Crippen LogP contribution in [0.15, 0.2) is 103 Å². The summed E-state index contributed by atoms with van der Waals surface area (Å²) in [6.07, 6.45) is 0.457. The second-order valence-corrected chi connectivity index (χ2v) is 9.49. The predicted octanol–water partition coefficient (Wildman–Crippen LogP) is 5.91. The van der Waals surface area contributed by atoms with Crippen LogP contribution >= 0.6 is 0 Å². The van der Waals surface area contributed by atoms with Crippen molar-refractivity contribution in [3.63, 3.8) is 0 Å². The molecule has 0 saturated heterocycles. The molecule has 0 unspecified atom stereocenters. The maximum Gasteiger partial charge on any atom is 0.335 e. The summed E-state index contributed by atoms with van der Waals surface area (Å²) in [5, 5.41) is 23.1. The molecule has 6 aromatic rings. The van der Waals surface area contributed by atoms with Crippen LogP contribution < -0.4 is 5.32 Å². The van der Waals surface area contributed by atoms with Gasteiger partial charge in [0.25, 0.3) is 5.91 Å². The Morgan fingerprint density at radius 2 is 1.50 bits per heavy atom. The van der Waals surface area contributed by atoms with Gasteiger partial charge in [0.2, 0.25) is 0 Å². The molecule has 8 heteroatoms. The highest BCUT2D eigenvalue weighted by molar-refractivity contribution is 5.95. The number of carbonyl (C=O) groups is 2. The number of carbonyl (C=O) groups excluding carboxylic acids is 1. The summed E-state index contributed by atoms with van der Waals surface area (Å²) < 4.78 is 15.3. The monoisotopic (exact) mass is 530 g/mol. The first-order valence-corrected chi connectivity index (χ1v) is 12.7. The molecule has 4 aromatic carbocycles. The first-order chi connectivity index (χ1) is 19.4. The third-order valence-corrected chi connectivity index (χ3v) is 6.81. The Morgan fingerprint density at radius 1 is 0.775 bits per heavy atom. The predicted molar refractivity (Wildman–Crippen MR) is 150 cm³/mol. The van der Waals surface area contributed by atoms with Gasteiger partial charge in [0, 0.05) is 13.0 Å². The molecule has 2 heterocycles. The van der Waals surface area contributed by atoms with Gasteiger partial charge in [-0.3, -0.25) is 9.20 Å². The average Bonchev–Trinajstić information content (AvgIpc) is 3.38. The van der Waals surface area contributed by atoms with E-state index in [1.54, 1.807) is 34.7 Å². The number of fused-ring (bicyclic) bond motifs is 2. The molecular formula is C32H23FN4O3. The fraction of sp³-hybridized carbons (Fsp3) is 0.0625. The zero-order chi connectivity index (χ0) is 27.6. The van der Waals surface area contributed by atoms with E-state index in [2.05, 4.69) is 39.8 Å². The lowest BCUT2D eigenvalue weighted by atomic mass is 10.0. The minimum absolute atomic E-state index is 0.173. The Morgan fingerprint density at radius 3 is 2.25 bits per heavy atom. The van der Waals surface area contributed by atoms with Crippen molar-refractivity contribution in [1.29, 1.82) is 0 Å². The highest BCUT2D eigenvalue weighted by Gasteiger charge is 2.18. The molecule has 2 aromatic heterocycles. The van der Waals surface area contributed by atoms with Crippen molar-refractivity contribution < 1.29 is 19.1 Å². The van der Waals surface area contributed by atoms with E-state index in [1.165, 1.54) is 24.3 Å². The van der Waals surface area contributed by atoms with Crippen LogP contribution in [0.3, 0.4) is 0 Å². The Hall–Kier alpha value is -5.37. The van der Waals surface area contributed by atoms with Crippen molar-refractivity contribution in [3.8, 4) is 11.1 Å². The summed E-state index contributed by atoms with van der Waals surface area (Å²) >= 11 is 0. The first kappa shape index (κ1) is 24.9. The quantitative estimate of drug-likeness (QED) is 0.268. The van der Waals surface area contributed by atoms with Gasteiger partial charge in [0.15, 0.2) is 5.65 Å². The smallest absolute Gasteiger partial charge is 0.335 e. The summed E-state index contributed by atoms with van der Waals surface area (Å²) in [6.45, 7) is 0.198. The van der Waals surface area contributed by atoms with Gasteiger partial charge in [-0.05, 0) is 69.4 Å². The highest BCUT2D eigenvalue weighted by Crippen LogP contribution is 2.25. The molecule has 0 aliphatic carbocycles. The molecular weight excluding hydrogens is 507 g/mol. The zero-order valence-corrected chi connectivity index (χ0v) is 21.2. The highest BCUT2D eigenvalue weighted by atomic mass is 19.1. The van der Waals surface area contributed by atoms with E-state index in [0.717, 1.165) is 27.5 Å². The van der Waals surface area contributed by atoms with Crippen LogP contribution in [-0.4, -0.2) is 31.6 Å². The molecule has 40 heavy (non-hydrogen) atoms. The van der Waals surface area contributed by atoms with E-state index < -0.39 is 5.97 Å². The third-order valence-electron chi connectivity index (χ3n) is 6.81. The molecule has 0 bridgehead atoms. The lowest BCUT2D eigenvalue weighted by Gasteiger charge is -2.12. The number of nitrogens with zero attached hydrogens (tertiary/aromatic N) is 3. The maximum atomic E-state index is 13.6.